The fourth-order valence-corrected chi connectivity index (χ4v) is 2.11. The Morgan fingerprint density at radius 3 is 2.24 bits per heavy atom. The summed E-state index contributed by atoms with van der Waals surface area (Å²) in [6.07, 6.45) is 0. The monoisotopic (exact) mass is 314 g/mol. The minimum atomic E-state index is -0.246. The number of methoxy groups -OCH3 is 2. The van der Waals surface area contributed by atoms with Gasteiger partial charge in [0, 0.05) is 18.3 Å². The van der Waals surface area contributed by atoms with Gasteiger partial charge in [-0.05, 0) is 24.7 Å². The fraction of sp³-hybridized carbons (Fsp3) is 0.533. The van der Waals surface area contributed by atoms with Gasteiger partial charge in [0.1, 0.15) is 5.88 Å². The van der Waals surface area contributed by atoms with Gasteiger partial charge in [0.25, 0.3) is 0 Å². The number of nitrogens with one attached hydrogen (secondary N) is 1. The second kappa shape index (κ2) is 8.74. The van der Waals surface area contributed by atoms with Crippen molar-refractivity contribution >= 4 is 23.2 Å². The SMILES string of the molecule is CCN(CC)Cc1cc(OC)c(OC)cc1NC(=O)CCl. The fourth-order valence-electron chi connectivity index (χ4n) is 2.04. The lowest BCUT2D eigenvalue weighted by Crippen LogP contribution is -2.23. The third-order valence-corrected chi connectivity index (χ3v) is 3.54. The van der Waals surface area contributed by atoms with E-state index in [1.807, 2.05) is 6.07 Å². The summed E-state index contributed by atoms with van der Waals surface area (Å²) >= 11 is 5.57. The Bertz CT molecular complexity index is 476. The molecule has 0 atom stereocenters. The van der Waals surface area contributed by atoms with Crippen molar-refractivity contribution in [1.82, 2.24) is 4.90 Å². The van der Waals surface area contributed by atoms with Crippen molar-refractivity contribution in [2.75, 3.05) is 38.5 Å². The first-order valence-corrected chi connectivity index (χ1v) is 7.46. The molecule has 0 spiro atoms. The second-order valence-corrected chi connectivity index (χ2v) is 4.77. The Morgan fingerprint density at radius 2 is 1.76 bits per heavy atom. The number of alkyl halides is 1. The summed E-state index contributed by atoms with van der Waals surface area (Å²) < 4.78 is 10.6. The number of hydrogen-bond donors (Lipinski definition) is 1. The maximum Gasteiger partial charge on any atom is 0.239 e. The van der Waals surface area contributed by atoms with E-state index in [4.69, 9.17) is 21.1 Å². The number of anilines is 1. The molecule has 0 heterocycles. The lowest BCUT2D eigenvalue weighted by molar-refractivity contribution is -0.113. The third-order valence-electron chi connectivity index (χ3n) is 3.29. The molecule has 0 aliphatic carbocycles. The standard InChI is InChI=1S/C15H23ClN2O3/c1-5-18(6-2)10-11-7-13(20-3)14(21-4)8-12(11)17-15(19)9-16/h7-8H,5-6,9-10H2,1-4H3,(H,17,19). The van der Waals surface area contributed by atoms with Gasteiger partial charge >= 0.3 is 0 Å². The molecule has 0 aromatic heterocycles. The van der Waals surface area contributed by atoms with Crippen LogP contribution in [0.15, 0.2) is 12.1 Å². The molecule has 0 bridgehead atoms. The highest BCUT2D eigenvalue weighted by Gasteiger charge is 2.14. The maximum absolute atomic E-state index is 11.6. The summed E-state index contributed by atoms with van der Waals surface area (Å²) in [6, 6.07) is 3.66. The molecule has 5 nitrogen and oxygen atoms in total. The Kier molecular flexibility index (Phi) is 7.32. The van der Waals surface area contributed by atoms with Gasteiger partial charge in [0.05, 0.1) is 14.2 Å². The quantitative estimate of drug-likeness (QED) is 0.750. The van der Waals surface area contributed by atoms with Crippen LogP contribution in [0.5, 0.6) is 11.5 Å². The van der Waals surface area contributed by atoms with E-state index < -0.39 is 0 Å². The Balaban J connectivity index is 3.18. The van der Waals surface area contributed by atoms with E-state index in [1.165, 1.54) is 0 Å². The molecule has 118 valence electrons. The normalized spacial score (nSPS) is 10.6. The first-order chi connectivity index (χ1) is 10.1. The number of rotatable bonds is 8. The average molecular weight is 315 g/mol. The van der Waals surface area contributed by atoms with Gasteiger partial charge < -0.3 is 14.8 Å². The Hall–Kier alpha value is -1.46. The van der Waals surface area contributed by atoms with Gasteiger partial charge in [-0.3, -0.25) is 9.69 Å². The Morgan fingerprint density at radius 1 is 1.19 bits per heavy atom. The molecule has 1 rings (SSSR count). The topological polar surface area (TPSA) is 50.8 Å². The maximum atomic E-state index is 11.6. The summed E-state index contributed by atoms with van der Waals surface area (Å²) in [7, 11) is 3.16. The summed E-state index contributed by atoms with van der Waals surface area (Å²) in [4.78, 5) is 13.8. The van der Waals surface area contributed by atoms with E-state index in [0.29, 0.717) is 23.7 Å². The molecular formula is C15H23ClN2O3. The highest BCUT2D eigenvalue weighted by atomic mass is 35.5. The van der Waals surface area contributed by atoms with Crippen LogP contribution in [-0.4, -0.2) is 44.0 Å². The van der Waals surface area contributed by atoms with Gasteiger partial charge in [0.15, 0.2) is 11.5 Å². The first kappa shape index (κ1) is 17.6. The number of carbonyl (C=O) groups is 1. The van der Waals surface area contributed by atoms with Gasteiger partial charge in [-0.15, -0.1) is 11.6 Å². The lowest BCUT2D eigenvalue weighted by Gasteiger charge is -2.21. The van der Waals surface area contributed by atoms with Gasteiger partial charge in [-0.25, -0.2) is 0 Å². The van der Waals surface area contributed by atoms with Crippen molar-refractivity contribution in [3.63, 3.8) is 0 Å². The van der Waals surface area contributed by atoms with Crippen molar-refractivity contribution < 1.29 is 14.3 Å². The molecule has 0 radical (unpaired) electrons. The predicted octanol–water partition coefficient (Wildman–Crippen LogP) is 2.72. The third kappa shape index (κ3) is 4.79. The van der Waals surface area contributed by atoms with Crippen LogP contribution in [0.4, 0.5) is 5.69 Å². The van der Waals surface area contributed by atoms with Crippen LogP contribution in [0.25, 0.3) is 0 Å². The van der Waals surface area contributed by atoms with E-state index >= 15 is 0 Å². The summed E-state index contributed by atoms with van der Waals surface area (Å²) in [5.74, 6) is 0.887. The van der Waals surface area contributed by atoms with Crippen molar-refractivity contribution in [1.29, 1.82) is 0 Å². The number of nitrogens with zero attached hydrogens (tertiary/aromatic N) is 1. The first-order valence-electron chi connectivity index (χ1n) is 6.92. The zero-order chi connectivity index (χ0) is 15.8. The predicted molar refractivity (Wildman–Crippen MR) is 85.5 cm³/mol. The zero-order valence-corrected chi connectivity index (χ0v) is 13.8. The Labute approximate surface area is 131 Å². The van der Waals surface area contributed by atoms with Crippen molar-refractivity contribution in [3.05, 3.63) is 17.7 Å². The van der Waals surface area contributed by atoms with Gasteiger partial charge in [0.2, 0.25) is 5.91 Å². The molecule has 0 aliphatic heterocycles. The number of carbonyl (C=O) groups excluding carboxylic acids is 1. The molecule has 0 aliphatic rings. The van der Waals surface area contributed by atoms with Crippen molar-refractivity contribution in [2.24, 2.45) is 0 Å². The van der Waals surface area contributed by atoms with Crippen LogP contribution in [-0.2, 0) is 11.3 Å². The average Bonchev–Trinajstić information content (AvgIpc) is 2.52. The molecule has 0 unspecified atom stereocenters. The summed E-state index contributed by atoms with van der Waals surface area (Å²) in [5.41, 5.74) is 1.67. The van der Waals surface area contributed by atoms with Crippen LogP contribution >= 0.6 is 11.6 Å². The summed E-state index contributed by atoms with van der Waals surface area (Å²) in [6.45, 7) is 6.76. The van der Waals surface area contributed by atoms with Gasteiger partial charge in [-0.2, -0.15) is 0 Å². The number of hydrogen-bond acceptors (Lipinski definition) is 4. The smallest absolute Gasteiger partial charge is 0.239 e. The minimum Gasteiger partial charge on any atom is -0.493 e. The highest BCUT2D eigenvalue weighted by Crippen LogP contribution is 2.34. The molecule has 21 heavy (non-hydrogen) atoms. The molecule has 6 heteroatoms. The number of halogens is 1. The van der Waals surface area contributed by atoms with E-state index in [2.05, 4.69) is 24.1 Å². The zero-order valence-electron chi connectivity index (χ0n) is 13.0. The van der Waals surface area contributed by atoms with E-state index in [0.717, 1.165) is 18.7 Å². The van der Waals surface area contributed by atoms with Crippen LogP contribution in [0.1, 0.15) is 19.4 Å². The van der Waals surface area contributed by atoms with Crippen molar-refractivity contribution in [3.8, 4) is 11.5 Å². The molecule has 1 amide bonds. The molecule has 0 fully saturated rings. The molecular weight excluding hydrogens is 292 g/mol. The van der Waals surface area contributed by atoms with Crippen LogP contribution < -0.4 is 14.8 Å². The van der Waals surface area contributed by atoms with Crippen molar-refractivity contribution in [2.45, 2.75) is 20.4 Å². The van der Waals surface area contributed by atoms with Crippen LogP contribution in [0.2, 0.25) is 0 Å². The molecule has 1 aromatic rings. The molecule has 0 saturated carbocycles. The minimum absolute atomic E-state index is 0.0843. The van der Waals surface area contributed by atoms with Gasteiger partial charge in [-0.1, -0.05) is 13.8 Å². The van der Waals surface area contributed by atoms with E-state index in [-0.39, 0.29) is 11.8 Å². The van der Waals surface area contributed by atoms with Crippen LogP contribution in [0.3, 0.4) is 0 Å². The number of benzene rings is 1. The van der Waals surface area contributed by atoms with E-state index in [1.54, 1.807) is 20.3 Å². The largest absolute Gasteiger partial charge is 0.493 e. The number of amides is 1. The molecule has 1 N–H and O–H groups in total. The summed E-state index contributed by atoms with van der Waals surface area (Å²) in [5, 5.41) is 2.81. The molecule has 1 aromatic carbocycles. The molecule has 0 saturated heterocycles. The second-order valence-electron chi connectivity index (χ2n) is 4.51. The van der Waals surface area contributed by atoms with Crippen LogP contribution in [0, 0.1) is 0 Å². The highest BCUT2D eigenvalue weighted by molar-refractivity contribution is 6.29. The number of ether oxygens (including phenoxy) is 2. The van der Waals surface area contributed by atoms with E-state index in [9.17, 15) is 4.79 Å². The lowest BCUT2D eigenvalue weighted by atomic mass is 10.1.